The van der Waals surface area contributed by atoms with Crippen LogP contribution >= 0.6 is 0 Å². The van der Waals surface area contributed by atoms with Gasteiger partial charge in [0.25, 0.3) is 0 Å². The summed E-state index contributed by atoms with van der Waals surface area (Å²) in [6.07, 6.45) is 0.190. The number of rotatable bonds is 1. The van der Waals surface area contributed by atoms with Crippen LogP contribution in [0.5, 0.6) is 0 Å². The van der Waals surface area contributed by atoms with Crippen LogP contribution in [-0.4, -0.2) is 50.5 Å². The minimum absolute atomic E-state index is 0.190. The third kappa shape index (κ3) is 11.4. The Hall–Kier alpha value is -0.120. The Bertz CT molecular complexity index is 59.3. The van der Waals surface area contributed by atoms with Crippen molar-refractivity contribution < 1.29 is 9.84 Å². The zero-order valence-corrected chi connectivity index (χ0v) is 6.29. The van der Waals surface area contributed by atoms with Gasteiger partial charge in [0.1, 0.15) is 6.10 Å². The summed E-state index contributed by atoms with van der Waals surface area (Å²) in [5, 5.41) is 8.08. The number of hydrogen-bond donors (Lipinski definition) is 1. The summed E-state index contributed by atoms with van der Waals surface area (Å²) in [4.78, 5) is 2.00. The first-order valence-electron chi connectivity index (χ1n) is 3.00. The molecule has 0 radical (unpaired) electrons. The lowest BCUT2D eigenvalue weighted by molar-refractivity contribution is 0.244. The summed E-state index contributed by atoms with van der Waals surface area (Å²) < 4.78 is 4.61. The van der Waals surface area contributed by atoms with E-state index in [1.807, 2.05) is 26.0 Å². The molecule has 0 aromatic carbocycles. The van der Waals surface area contributed by atoms with Crippen LogP contribution in [-0.2, 0) is 4.74 Å². The van der Waals surface area contributed by atoms with Gasteiger partial charge in [-0.25, -0.2) is 0 Å². The van der Waals surface area contributed by atoms with Gasteiger partial charge >= 0.3 is 0 Å². The summed E-state index contributed by atoms with van der Waals surface area (Å²) in [5.41, 5.74) is 0. The van der Waals surface area contributed by atoms with Crippen LogP contribution in [0.2, 0.25) is 0 Å². The highest BCUT2D eigenvalue weighted by Crippen LogP contribution is 2.04. The third-order valence-corrected chi connectivity index (χ3v) is 0.606. The molecule has 1 fully saturated rings. The fourth-order valence-corrected chi connectivity index (χ4v) is 0.173. The van der Waals surface area contributed by atoms with Crippen molar-refractivity contribution in [3.63, 3.8) is 0 Å². The first-order chi connectivity index (χ1) is 4.16. The third-order valence-electron chi connectivity index (χ3n) is 0.606. The van der Waals surface area contributed by atoms with Crippen LogP contribution < -0.4 is 0 Å². The molecule has 56 valence electrons. The molecule has 0 aliphatic carbocycles. The van der Waals surface area contributed by atoms with E-state index >= 15 is 0 Å². The Morgan fingerprint density at radius 3 is 1.89 bits per heavy atom. The van der Waals surface area contributed by atoms with E-state index in [9.17, 15) is 0 Å². The molecule has 3 heteroatoms. The van der Waals surface area contributed by atoms with Crippen molar-refractivity contribution in [3.05, 3.63) is 0 Å². The number of nitrogens with zero attached hydrogens (tertiary/aromatic N) is 1. The van der Waals surface area contributed by atoms with Crippen LogP contribution in [0.4, 0.5) is 0 Å². The Balaban J connectivity index is 0.000000148. The van der Waals surface area contributed by atoms with Crippen molar-refractivity contribution in [1.29, 1.82) is 0 Å². The number of epoxide rings is 1. The van der Waals surface area contributed by atoms with Crippen LogP contribution in [0.3, 0.4) is 0 Å². The van der Waals surface area contributed by atoms with Gasteiger partial charge in [-0.05, 0) is 21.1 Å². The van der Waals surface area contributed by atoms with E-state index in [-0.39, 0.29) is 12.7 Å². The summed E-state index contributed by atoms with van der Waals surface area (Å²) in [6.45, 7) is 0.955. The number of aliphatic hydroxyl groups excluding tert-OH is 1. The van der Waals surface area contributed by atoms with Gasteiger partial charge in [0.2, 0.25) is 0 Å². The highest BCUT2D eigenvalue weighted by atomic mass is 16.6. The Kier molecular flexibility index (Phi) is 4.67. The molecule has 1 unspecified atom stereocenters. The van der Waals surface area contributed by atoms with Crippen molar-refractivity contribution >= 4 is 0 Å². The summed E-state index contributed by atoms with van der Waals surface area (Å²) in [7, 11) is 6.00. The maximum Gasteiger partial charge on any atom is 0.104 e. The number of ether oxygens (including phenoxy) is 1. The quantitative estimate of drug-likeness (QED) is 0.492. The van der Waals surface area contributed by atoms with Gasteiger partial charge in [-0.3, -0.25) is 0 Å². The molecule has 1 rings (SSSR count). The zero-order chi connectivity index (χ0) is 7.28. The molecular formula is C6H15NO2. The normalized spacial score (nSPS) is 23.0. The van der Waals surface area contributed by atoms with E-state index in [1.54, 1.807) is 0 Å². The average molecular weight is 133 g/mol. The minimum atomic E-state index is 0.190. The summed E-state index contributed by atoms with van der Waals surface area (Å²) in [6, 6.07) is 0. The topological polar surface area (TPSA) is 36.0 Å². The molecule has 0 aromatic rings. The second-order valence-corrected chi connectivity index (χ2v) is 2.48. The molecule has 1 atom stereocenters. The van der Waals surface area contributed by atoms with Gasteiger partial charge in [0, 0.05) is 0 Å². The monoisotopic (exact) mass is 133 g/mol. The predicted octanol–water partition coefficient (Wildman–Crippen LogP) is -0.445. The first kappa shape index (κ1) is 8.88. The van der Waals surface area contributed by atoms with Crippen molar-refractivity contribution in [2.45, 2.75) is 6.10 Å². The average Bonchev–Trinajstić information content (AvgIpc) is 2.43. The lowest BCUT2D eigenvalue weighted by atomic mass is 10.5. The fourth-order valence-electron chi connectivity index (χ4n) is 0.173. The lowest BCUT2D eigenvalue weighted by Crippen LogP contribution is -1.99. The van der Waals surface area contributed by atoms with E-state index in [0.29, 0.717) is 0 Å². The molecule has 1 saturated heterocycles. The van der Waals surface area contributed by atoms with Crippen molar-refractivity contribution in [2.24, 2.45) is 0 Å². The SMILES string of the molecule is CN(C)C.OCC1CO1. The van der Waals surface area contributed by atoms with Crippen LogP contribution in [0, 0.1) is 0 Å². The molecule has 0 spiro atoms. The Labute approximate surface area is 56.2 Å². The molecule has 1 aliphatic heterocycles. The molecule has 1 N–H and O–H groups in total. The maximum atomic E-state index is 8.08. The van der Waals surface area contributed by atoms with E-state index in [4.69, 9.17) is 5.11 Å². The second-order valence-electron chi connectivity index (χ2n) is 2.48. The first-order valence-corrected chi connectivity index (χ1v) is 3.00. The molecule has 1 aliphatic rings. The molecule has 0 aromatic heterocycles. The van der Waals surface area contributed by atoms with Gasteiger partial charge in [-0.15, -0.1) is 0 Å². The predicted molar refractivity (Wildman–Crippen MR) is 36.4 cm³/mol. The van der Waals surface area contributed by atoms with Gasteiger partial charge in [-0.2, -0.15) is 0 Å². The molecule has 0 amide bonds. The van der Waals surface area contributed by atoms with Crippen LogP contribution in [0.1, 0.15) is 0 Å². The highest BCUT2D eigenvalue weighted by molar-refractivity contribution is 4.65. The number of aliphatic hydroxyl groups is 1. The van der Waals surface area contributed by atoms with Gasteiger partial charge in [0.15, 0.2) is 0 Å². The van der Waals surface area contributed by atoms with E-state index in [1.165, 1.54) is 0 Å². The second kappa shape index (κ2) is 4.73. The largest absolute Gasteiger partial charge is 0.394 e. The van der Waals surface area contributed by atoms with Crippen molar-refractivity contribution in [3.8, 4) is 0 Å². The van der Waals surface area contributed by atoms with E-state index < -0.39 is 0 Å². The van der Waals surface area contributed by atoms with E-state index in [2.05, 4.69) is 4.74 Å². The molecule has 3 nitrogen and oxygen atoms in total. The Morgan fingerprint density at radius 2 is 1.89 bits per heavy atom. The maximum absolute atomic E-state index is 8.08. The molecule has 0 bridgehead atoms. The summed E-state index contributed by atoms with van der Waals surface area (Å²) in [5.74, 6) is 0. The molecular weight excluding hydrogens is 118 g/mol. The summed E-state index contributed by atoms with van der Waals surface area (Å²) >= 11 is 0. The van der Waals surface area contributed by atoms with Crippen molar-refractivity contribution in [2.75, 3.05) is 34.4 Å². The smallest absolute Gasteiger partial charge is 0.104 e. The Morgan fingerprint density at radius 1 is 1.56 bits per heavy atom. The zero-order valence-electron chi connectivity index (χ0n) is 6.29. The van der Waals surface area contributed by atoms with Crippen LogP contribution in [0.25, 0.3) is 0 Å². The van der Waals surface area contributed by atoms with Gasteiger partial charge in [0.05, 0.1) is 13.2 Å². The lowest BCUT2D eigenvalue weighted by Gasteiger charge is -1.90. The van der Waals surface area contributed by atoms with E-state index in [0.717, 1.165) is 6.61 Å². The van der Waals surface area contributed by atoms with Gasteiger partial charge in [-0.1, -0.05) is 0 Å². The fraction of sp³-hybridized carbons (Fsp3) is 1.00. The number of hydrogen-bond acceptors (Lipinski definition) is 3. The molecule has 9 heavy (non-hydrogen) atoms. The highest BCUT2D eigenvalue weighted by Gasteiger charge is 2.19. The molecule has 0 saturated carbocycles. The standard InChI is InChI=1S/C3H9N.C3H6O2/c1-4(2)3;4-1-3-2-5-3/h1-3H3;3-4H,1-2H2. The van der Waals surface area contributed by atoms with Crippen LogP contribution in [0.15, 0.2) is 0 Å². The van der Waals surface area contributed by atoms with Gasteiger partial charge < -0.3 is 14.7 Å². The minimum Gasteiger partial charge on any atom is -0.394 e. The van der Waals surface area contributed by atoms with Crippen molar-refractivity contribution in [1.82, 2.24) is 4.90 Å². The molecule has 1 heterocycles.